The summed E-state index contributed by atoms with van der Waals surface area (Å²) in [6, 6.07) is 0. The molecule has 0 aliphatic carbocycles. The van der Waals surface area contributed by atoms with Crippen LogP contribution in [0, 0.1) is 170 Å². The van der Waals surface area contributed by atoms with Crippen molar-refractivity contribution in [3.05, 3.63) is 0 Å². The molecule has 20 radical (unpaired) electrons. The van der Waals surface area contributed by atoms with Gasteiger partial charge in [0.25, 0.3) is 0 Å². The first-order chi connectivity index (χ1) is 10.0. The Morgan fingerprint density at radius 1 is 0.278 bits per heavy atom. The fraction of sp³-hybridized carbons (Fsp3) is 0. The Kier molecular flexibility index (Phi) is 149. The van der Waals surface area contributed by atoms with Crippen molar-refractivity contribution >= 4 is 101 Å². The molecule has 36 heteroatoms. The minimum atomic E-state index is -6.35. The summed E-state index contributed by atoms with van der Waals surface area (Å²) in [5.41, 5.74) is 0. The normalized spacial score (nSPS) is 8.19. The van der Waals surface area contributed by atoms with Crippen molar-refractivity contribution in [2.75, 3.05) is 0 Å². The summed E-state index contributed by atoms with van der Waals surface area (Å²) in [7, 11) is 0. The first-order valence-corrected chi connectivity index (χ1v) is 24.0. The van der Waals surface area contributed by atoms with Gasteiger partial charge in [-0.3, -0.25) is 4.70 Å². The van der Waals surface area contributed by atoms with Crippen molar-refractivity contribution in [2.45, 2.75) is 0 Å². The average Bonchev–Trinajstić information content (AvgIpc) is 1.79. The Balaban J connectivity index is -0.00000000922. The van der Waals surface area contributed by atoms with Crippen molar-refractivity contribution in [1.29, 1.82) is 0 Å². The molecule has 0 spiro atoms. The van der Waals surface area contributed by atoms with E-state index in [-0.39, 0.29) is 175 Å². The Morgan fingerprint density at radius 3 is 0.278 bits per heavy atom. The molecule has 0 aliphatic heterocycles. The standard InChI is InChI=1S/10Br.6FH.15O.5Sb/h;;;;;;;;;;6*1H;;;;;;;;;;;;;;;;;;;;/q10*+1;;;;;;;;;;;;10*-1;5*+1/p-5. The topological polar surface area (TPSA) is 316 Å². The van der Waals surface area contributed by atoms with Gasteiger partial charge in [-0.25, -0.2) is 0 Å². The van der Waals surface area contributed by atoms with Crippen LogP contribution >= 0.6 is 0 Å². The van der Waals surface area contributed by atoms with E-state index < -0.39 is 101 Å². The van der Waals surface area contributed by atoms with Gasteiger partial charge in [-0.2, -0.15) is 0 Å². The van der Waals surface area contributed by atoms with Gasteiger partial charge in [-0.1, -0.05) is 0 Å². The van der Waals surface area contributed by atoms with Gasteiger partial charge in [0.15, 0.2) is 0 Å². The molecule has 0 atom stereocenters. The Bertz CT molecular complexity index is 414. The first-order valence-electron chi connectivity index (χ1n) is 3.58. The molecule has 0 rings (SSSR count). The molecule has 0 fully saturated rings. The van der Waals surface area contributed by atoms with Crippen LogP contribution in [-0.2, 0) is 15.1 Å². The minimum absolute atomic E-state index is 0. The second-order valence-electron chi connectivity index (χ2n) is 2.15. The van der Waals surface area contributed by atoms with Crippen LogP contribution in [0.1, 0.15) is 0 Å². The molecular weight excluding hydrogens is 1760 g/mol. The van der Waals surface area contributed by atoms with Gasteiger partial charge in [0, 0.05) is 0 Å². The SMILES string of the molecule is F.[Br+].[Br+].[Br+].[Br+].[Br+].[Br+].[Br+].[Br+].[Br+].[Br+].[O]=[Sb]([O-])([O-])[F].[O]=[Sb]([O-])([O-])[F].[O]=[Sb]([O-])([O-])[F].[O]=[Sb]([O-])([O-])[F].[O]=[Sb]([O-])([O-])[F]. The summed E-state index contributed by atoms with van der Waals surface area (Å²) in [4.78, 5) is 0. The van der Waals surface area contributed by atoms with E-state index in [1.807, 2.05) is 0 Å². The van der Waals surface area contributed by atoms with Crippen LogP contribution in [0.3, 0.4) is 0 Å². The molecule has 0 amide bonds. The number of hydrogen-bond acceptors (Lipinski definition) is 15. The van der Waals surface area contributed by atoms with Crippen molar-refractivity contribution in [1.82, 2.24) is 0 Å². The number of hydrogen-bond donors (Lipinski definition) is 0. The summed E-state index contributed by atoms with van der Waals surface area (Å²) < 4.78 is 179. The molecule has 15 nitrogen and oxygen atoms in total. The zero-order valence-corrected chi connectivity index (χ0v) is 43.1. The summed E-state index contributed by atoms with van der Waals surface area (Å²) >= 11 is -31.8. The third-order valence-corrected chi connectivity index (χ3v) is 0. The number of halogens is 16. The van der Waals surface area contributed by atoms with Crippen molar-refractivity contribution in [3.63, 3.8) is 0 Å². The van der Waals surface area contributed by atoms with Gasteiger partial charge < -0.3 is 0 Å². The first kappa shape index (κ1) is 104. The summed E-state index contributed by atoms with van der Waals surface area (Å²) in [6.45, 7) is 0. The molecule has 0 N–H and O–H groups in total. The molecule has 0 aromatic heterocycles. The van der Waals surface area contributed by atoms with Gasteiger partial charge >= 0.3 is 334 Å². The molecule has 0 heterocycles. The van der Waals surface area contributed by atoms with Crippen LogP contribution in [0.15, 0.2) is 0 Å². The molecular formula is HBr10F6O15Sb5. The van der Waals surface area contributed by atoms with E-state index in [0.717, 1.165) is 0 Å². The van der Waals surface area contributed by atoms with E-state index in [2.05, 4.69) is 0 Å². The Morgan fingerprint density at radius 2 is 0.278 bits per heavy atom. The van der Waals surface area contributed by atoms with Crippen molar-refractivity contribution in [3.8, 4) is 0 Å². The summed E-state index contributed by atoms with van der Waals surface area (Å²) in [5.74, 6) is 0. The van der Waals surface area contributed by atoms with E-state index in [9.17, 15) is 14.1 Å². The third kappa shape index (κ3) is 1320. The fourth-order valence-electron chi connectivity index (χ4n) is 0. The van der Waals surface area contributed by atoms with E-state index in [1.54, 1.807) is 0 Å². The van der Waals surface area contributed by atoms with Gasteiger partial charge in [-0.15, -0.1) is 0 Å². The van der Waals surface area contributed by atoms with Crippen LogP contribution in [0.5, 0.6) is 0 Å². The van der Waals surface area contributed by atoms with Crippen LogP contribution in [0.4, 0.5) is 18.8 Å². The molecule has 228 valence electrons. The second kappa shape index (κ2) is 51.6. The molecule has 0 aromatic carbocycles. The van der Waals surface area contributed by atoms with Crippen LogP contribution in [-0.4, -0.2) is 101 Å². The predicted molar refractivity (Wildman–Crippen MR) is 40.2 cm³/mol. The second-order valence-corrected chi connectivity index (χ2v) is 14.4. The molecule has 0 saturated carbocycles. The predicted octanol–water partition coefficient (Wildman–Crippen LogP) is -12.1. The van der Waals surface area contributed by atoms with Gasteiger partial charge in [0.1, 0.15) is 0 Å². The molecule has 0 aliphatic rings. The van der Waals surface area contributed by atoms with Crippen molar-refractivity contribution < 1.29 is 238 Å². The molecule has 0 saturated heterocycles. The zero-order chi connectivity index (χ0) is 22.5. The van der Waals surface area contributed by atoms with E-state index in [1.165, 1.54) is 0 Å². The van der Waals surface area contributed by atoms with Crippen LogP contribution in [0.25, 0.3) is 0 Å². The Hall–Kier alpha value is 7.07. The quantitative estimate of drug-likeness (QED) is 0.161. The van der Waals surface area contributed by atoms with E-state index in [0.29, 0.717) is 0 Å². The van der Waals surface area contributed by atoms with Crippen LogP contribution < -0.4 is 33.9 Å². The molecule has 0 unspecified atom stereocenters. The summed E-state index contributed by atoms with van der Waals surface area (Å²) in [5, 5.41) is 0. The maximum atomic E-state index is 10.2. The summed E-state index contributed by atoms with van der Waals surface area (Å²) in [6.07, 6.45) is 0. The van der Waals surface area contributed by atoms with E-state index in [4.69, 9.17) is 48.9 Å². The monoisotopic (exact) mass is 1750 g/mol. The third-order valence-electron chi connectivity index (χ3n) is 0. The maximum absolute atomic E-state index is 10.2. The molecule has 0 bridgehead atoms. The average molecular weight is 1760 g/mol. The van der Waals surface area contributed by atoms with Crippen molar-refractivity contribution in [2.24, 2.45) is 0 Å². The van der Waals surface area contributed by atoms with Gasteiger partial charge in [0.05, 0.1) is 0 Å². The van der Waals surface area contributed by atoms with Crippen LogP contribution in [0.2, 0.25) is 0 Å². The fourth-order valence-corrected chi connectivity index (χ4v) is 0. The Labute approximate surface area is 331 Å². The molecule has 0 aromatic rings. The number of rotatable bonds is 0. The van der Waals surface area contributed by atoms with Gasteiger partial charge in [0.2, 0.25) is 0 Å². The molecule has 36 heavy (non-hydrogen) atoms. The zero-order valence-electron chi connectivity index (χ0n) is 14.4. The van der Waals surface area contributed by atoms with E-state index >= 15 is 0 Å². The van der Waals surface area contributed by atoms with Gasteiger partial charge in [-0.05, 0) is 0 Å².